The molecule has 1 aliphatic heterocycles. The highest BCUT2D eigenvalue weighted by Crippen LogP contribution is 2.34. The zero-order chi connectivity index (χ0) is 13.1. The summed E-state index contributed by atoms with van der Waals surface area (Å²) in [7, 11) is 2.10. The minimum Gasteiger partial charge on any atom is -0.392 e. The summed E-state index contributed by atoms with van der Waals surface area (Å²) in [6, 6.07) is 0.678. The quantitative estimate of drug-likeness (QED) is 0.802. The van der Waals surface area contributed by atoms with Crippen molar-refractivity contribution in [3.8, 4) is 0 Å². The van der Waals surface area contributed by atoms with E-state index < -0.39 is 0 Å². The fraction of sp³-hybridized carbons (Fsp3) is 1.00. The van der Waals surface area contributed by atoms with Crippen molar-refractivity contribution in [2.45, 2.75) is 51.7 Å². The van der Waals surface area contributed by atoms with E-state index in [2.05, 4.69) is 31.1 Å². The molecule has 0 bridgehead atoms. The van der Waals surface area contributed by atoms with Crippen LogP contribution >= 0.6 is 0 Å². The summed E-state index contributed by atoms with van der Waals surface area (Å²) >= 11 is 0. The maximum atomic E-state index is 9.64. The Kier molecular flexibility index (Phi) is 5.05. The van der Waals surface area contributed by atoms with Crippen LogP contribution in [-0.2, 0) is 0 Å². The summed E-state index contributed by atoms with van der Waals surface area (Å²) < 4.78 is 0. The molecule has 1 saturated carbocycles. The Bertz CT molecular complexity index is 257. The van der Waals surface area contributed by atoms with E-state index in [1.807, 2.05) is 0 Å². The van der Waals surface area contributed by atoms with E-state index in [0.29, 0.717) is 6.04 Å². The number of nitrogens with one attached hydrogen (secondary N) is 1. The average Bonchev–Trinajstić information content (AvgIpc) is 2.74. The predicted molar refractivity (Wildman–Crippen MR) is 75.6 cm³/mol. The summed E-state index contributed by atoms with van der Waals surface area (Å²) in [5, 5.41) is 13.1. The van der Waals surface area contributed by atoms with Gasteiger partial charge in [-0.15, -0.1) is 0 Å². The predicted octanol–water partition coefficient (Wildman–Crippen LogP) is 1.71. The van der Waals surface area contributed by atoms with Gasteiger partial charge in [-0.05, 0) is 50.5 Å². The molecule has 2 fully saturated rings. The first-order valence-corrected chi connectivity index (χ1v) is 7.67. The molecule has 0 aromatic carbocycles. The van der Waals surface area contributed by atoms with Gasteiger partial charge >= 0.3 is 0 Å². The smallest absolute Gasteiger partial charge is 0.0679 e. The fourth-order valence-corrected chi connectivity index (χ4v) is 3.80. The van der Waals surface area contributed by atoms with Crippen LogP contribution in [0, 0.1) is 17.8 Å². The minimum atomic E-state index is -0.0810. The highest BCUT2D eigenvalue weighted by molar-refractivity contribution is 4.88. The fourth-order valence-electron chi connectivity index (χ4n) is 3.80. The molecule has 2 rings (SSSR count). The zero-order valence-corrected chi connectivity index (χ0v) is 12.2. The standard InChI is InChI=1S/C15H30N2O/c1-11(2)12-4-5-15(16-3)13(8-12)9-17-7-6-14(18)10-17/h11-16,18H,4-10H2,1-3H3. The zero-order valence-electron chi connectivity index (χ0n) is 12.2. The molecule has 0 aromatic rings. The Balaban J connectivity index is 1.89. The van der Waals surface area contributed by atoms with E-state index in [1.165, 1.54) is 25.8 Å². The van der Waals surface area contributed by atoms with E-state index in [4.69, 9.17) is 0 Å². The van der Waals surface area contributed by atoms with E-state index in [1.54, 1.807) is 0 Å². The maximum absolute atomic E-state index is 9.64. The second kappa shape index (κ2) is 6.36. The van der Waals surface area contributed by atoms with Gasteiger partial charge in [0.05, 0.1) is 6.10 Å². The molecule has 2 aliphatic rings. The van der Waals surface area contributed by atoms with Crippen LogP contribution in [0.5, 0.6) is 0 Å². The van der Waals surface area contributed by atoms with E-state index >= 15 is 0 Å². The van der Waals surface area contributed by atoms with Crippen molar-refractivity contribution in [1.29, 1.82) is 0 Å². The lowest BCUT2D eigenvalue weighted by Crippen LogP contribution is -2.45. The first-order valence-electron chi connectivity index (χ1n) is 7.67. The summed E-state index contributed by atoms with van der Waals surface area (Å²) in [6.45, 7) is 7.87. The summed E-state index contributed by atoms with van der Waals surface area (Å²) in [4.78, 5) is 2.46. The summed E-state index contributed by atoms with van der Waals surface area (Å²) in [6.07, 6.45) is 4.94. The van der Waals surface area contributed by atoms with Gasteiger partial charge < -0.3 is 15.3 Å². The molecule has 4 unspecified atom stereocenters. The van der Waals surface area contributed by atoms with Gasteiger partial charge in [0.2, 0.25) is 0 Å². The number of aliphatic hydroxyl groups excluding tert-OH is 1. The topological polar surface area (TPSA) is 35.5 Å². The van der Waals surface area contributed by atoms with E-state index in [-0.39, 0.29) is 6.10 Å². The second-order valence-electron chi connectivity index (χ2n) is 6.67. The Morgan fingerprint density at radius 1 is 1.28 bits per heavy atom. The van der Waals surface area contributed by atoms with Gasteiger partial charge in [0, 0.05) is 25.7 Å². The number of likely N-dealkylation sites (tertiary alicyclic amines) is 1. The lowest BCUT2D eigenvalue weighted by molar-refractivity contribution is 0.123. The molecule has 0 amide bonds. The molecule has 1 heterocycles. The third-order valence-electron chi connectivity index (χ3n) is 5.08. The van der Waals surface area contributed by atoms with Crippen LogP contribution in [0.25, 0.3) is 0 Å². The molecule has 0 spiro atoms. The molecule has 3 nitrogen and oxygen atoms in total. The van der Waals surface area contributed by atoms with Crippen LogP contribution < -0.4 is 5.32 Å². The van der Waals surface area contributed by atoms with Crippen molar-refractivity contribution >= 4 is 0 Å². The van der Waals surface area contributed by atoms with Crippen LogP contribution in [0.2, 0.25) is 0 Å². The van der Waals surface area contributed by atoms with Gasteiger partial charge in [0.25, 0.3) is 0 Å². The Hall–Kier alpha value is -0.120. The molecule has 1 saturated heterocycles. The number of rotatable bonds is 4. The monoisotopic (exact) mass is 254 g/mol. The van der Waals surface area contributed by atoms with Gasteiger partial charge in [-0.1, -0.05) is 13.8 Å². The molecule has 1 aliphatic carbocycles. The van der Waals surface area contributed by atoms with Gasteiger partial charge in [0.15, 0.2) is 0 Å². The van der Waals surface area contributed by atoms with Crippen molar-refractivity contribution in [1.82, 2.24) is 10.2 Å². The van der Waals surface area contributed by atoms with Crippen LogP contribution in [0.4, 0.5) is 0 Å². The van der Waals surface area contributed by atoms with E-state index in [0.717, 1.165) is 37.3 Å². The highest BCUT2D eigenvalue weighted by Gasteiger charge is 2.33. The molecule has 4 atom stereocenters. The van der Waals surface area contributed by atoms with Gasteiger partial charge in [0.1, 0.15) is 0 Å². The van der Waals surface area contributed by atoms with Gasteiger partial charge in [-0.3, -0.25) is 0 Å². The Morgan fingerprint density at radius 3 is 2.61 bits per heavy atom. The number of β-amino-alcohol motifs (C(OH)–C–C–N with tert-alkyl or cyclic N) is 1. The van der Waals surface area contributed by atoms with Crippen LogP contribution in [0.3, 0.4) is 0 Å². The van der Waals surface area contributed by atoms with Gasteiger partial charge in [-0.2, -0.15) is 0 Å². The molecule has 106 valence electrons. The summed E-state index contributed by atoms with van der Waals surface area (Å²) in [5.74, 6) is 2.48. The van der Waals surface area contributed by atoms with Crippen molar-refractivity contribution < 1.29 is 5.11 Å². The number of hydrogen-bond donors (Lipinski definition) is 2. The number of aliphatic hydroxyl groups is 1. The van der Waals surface area contributed by atoms with Crippen molar-refractivity contribution in [3.05, 3.63) is 0 Å². The number of nitrogens with zero attached hydrogens (tertiary/aromatic N) is 1. The third-order valence-corrected chi connectivity index (χ3v) is 5.08. The third kappa shape index (κ3) is 3.46. The Labute approximate surface area is 112 Å². The maximum Gasteiger partial charge on any atom is 0.0679 e. The minimum absolute atomic E-state index is 0.0810. The first-order chi connectivity index (χ1) is 8.60. The van der Waals surface area contributed by atoms with Crippen molar-refractivity contribution in [2.75, 3.05) is 26.7 Å². The molecular weight excluding hydrogens is 224 g/mol. The SMILES string of the molecule is CNC1CCC(C(C)C)CC1CN1CCC(O)C1. The van der Waals surface area contributed by atoms with Crippen molar-refractivity contribution in [3.63, 3.8) is 0 Å². The normalized spacial score (nSPS) is 38.5. The van der Waals surface area contributed by atoms with Crippen molar-refractivity contribution in [2.24, 2.45) is 17.8 Å². The largest absolute Gasteiger partial charge is 0.392 e. The van der Waals surface area contributed by atoms with Crippen LogP contribution in [0.15, 0.2) is 0 Å². The first kappa shape index (κ1) is 14.3. The molecule has 2 N–H and O–H groups in total. The molecule has 18 heavy (non-hydrogen) atoms. The molecule has 0 radical (unpaired) electrons. The van der Waals surface area contributed by atoms with Gasteiger partial charge in [-0.25, -0.2) is 0 Å². The molecule has 0 aromatic heterocycles. The van der Waals surface area contributed by atoms with Crippen LogP contribution in [0.1, 0.15) is 39.5 Å². The lowest BCUT2D eigenvalue weighted by atomic mass is 9.73. The highest BCUT2D eigenvalue weighted by atomic mass is 16.3. The van der Waals surface area contributed by atoms with E-state index in [9.17, 15) is 5.11 Å². The number of hydrogen-bond acceptors (Lipinski definition) is 3. The van der Waals surface area contributed by atoms with Crippen LogP contribution in [-0.4, -0.2) is 48.8 Å². The average molecular weight is 254 g/mol. The Morgan fingerprint density at radius 2 is 2.06 bits per heavy atom. The summed E-state index contributed by atoms with van der Waals surface area (Å²) in [5.41, 5.74) is 0. The molecule has 3 heteroatoms. The lowest BCUT2D eigenvalue weighted by Gasteiger charge is -2.39. The second-order valence-corrected chi connectivity index (χ2v) is 6.67. The molecular formula is C15H30N2O.